The maximum Gasteiger partial charge on any atom is 0.319 e. The second kappa shape index (κ2) is 3.95. The standard InChI is InChI=1S/C7H10ClN3O3/c1-13-5-4(7(8,9)12)3-10-6(11-5)14-2/h3,12H,9H2,1-2H3. The van der Waals surface area contributed by atoms with E-state index in [2.05, 4.69) is 9.97 Å². The summed E-state index contributed by atoms with van der Waals surface area (Å²) in [4.78, 5) is 7.53. The summed E-state index contributed by atoms with van der Waals surface area (Å²) < 4.78 is 9.62. The molecule has 0 aromatic carbocycles. The fourth-order valence-electron chi connectivity index (χ4n) is 0.845. The molecule has 1 aromatic rings. The Balaban J connectivity index is 3.18. The highest BCUT2D eigenvalue weighted by Gasteiger charge is 2.26. The smallest absolute Gasteiger partial charge is 0.319 e. The molecule has 14 heavy (non-hydrogen) atoms. The van der Waals surface area contributed by atoms with Crippen molar-refractivity contribution in [2.24, 2.45) is 5.73 Å². The van der Waals surface area contributed by atoms with Crippen LogP contribution in [0.5, 0.6) is 11.9 Å². The van der Waals surface area contributed by atoms with Gasteiger partial charge in [-0.15, -0.1) is 0 Å². The van der Waals surface area contributed by atoms with E-state index in [9.17, 15) is 5.11 Å². The first-order chi connectivity index (χ1) is 6.49. The fraction of sp³-hybridized carbons (Fsp3) is 0.429. The fourth-order valence-corrected chi connectivity index (χ4v) is 0.975. The van der Waals surface area contributed by atoms with Gasteiger partial charge in [-0.3, -0.25) is 5.73 Å². The van der Waals surface area contributed by atoms with Crippen molar-refractivity contribution in [3.05, 3.63) is 11.8 Å². The van der Waals surface area contributed by atoms with Crippen molar-refractivity contribution >= 4 is 11.6 Å². The summed E-state index contributed by atoms with van der Waals surface area (Å²) in [6.07, 6.45) is 1.23. The molecule has 0 aliphatic heterocycles. The zero-order valence-electron chi connectivity index (χ0n) is 7.69. The van der Waals surface area contributed by atoms with Crippen LogP contribution < -0.4 is 15.2 Å². The lowest BCUT2D eigenvalue weighted by atomic mass is 10.3. The average molecular weight is 220 g/mol. The Bertz CT molecular complexity index is 326. The summed E-state index contributed by atoms with van der Waals surface area (Å²) >= 11 is 5.47. The molecule has 3 N–H and O–H groups in total. The molecule has 0 amide bonds. The molecule has 0 saturated heterocycles. The van der Waals surface area contributed by atoms with E-state index in [1.807, 2.05) is 0 Å². The number of hydrogen-bond acceptors (Lipinski definition) is 6. The molecular weight excluding hydrogens is 210 g/mol. The van der Waals surface area contributed by atoms with Gasteiger partial charge in [0.2, 0.25) is 11.1 Å². The zero-order chi connectivity index (χ0) is 10.8. The molecule has 0 radical (unpaired) electrons. The maximum atomic E-state index is 9.31. The third-order valence-electron chi connectivity index (χ3n) is 1.49. The van der Waals surface area contributed by atoms with Gasteiger partial charge in [-0.25, -0.2) is 4.98 Å². The molecule has 1 rings (SSSR count). The van der Waals surface area contributed by atoms with Crippen molar-refractivity contribution in [2.75, 3.05) is 14.2 Å². The molecule has 78 valence electrons. The summed E-state index contributed by atoms with van der Waals surface area (Å²) in [5.74, 6) is 0.0665. The molecule has 0 bridgehead atoms. The Labute approximate surface area is 85.6 Å². The highest BCUT2D eigenvalue weighted by atomic mass is 35.5. The van der Waals surface area contributed by atoms with Crippen LogP contribution in [-0.2, 0) is 5.18 Å². The van der Waals surface area contributed by atoms with E-state index in [0.29, 0.717) is 0 Å². The first-order valence-electron chi connectivity index (χ1n) is 3.64. The van der Waals surface area contributed by atoms with Gasteiger partial charge in [-0.05, 0) is 0 Å². The minimum Gasteiger partial charge on any atom is -0.480 e. The molecule has 1 unspecified atom stereocenters. The monoisotopic (exact) mass is 219 g/mol. The molecule has 0 spiro atoms. The van der Waals surface area contributed by atoms with Crippen LogP contribution in [-0.4, -0.2) is 29.3 Å². The summed E-state index contributed by atoms with van der Waals surface area (Å²) in [7, 11) is 2.78. The van der Waals surface area contributed by atoms with Crippen LogP contribution >= 0.6 is 11.6 Å². The van der Waals surface area contributed by atoms with Gasteiger partial charge in [-0.1, -0.05) is 11.6 Å². The Kier molecular flexibility index (Phi) is 3.10. The quantitative estimate of drug-likeness (QED) is 0.416. The molecule has 1 heterocycles. The Hall–Kier alpha value is -1.11. The van der Waals surface area contributed by atoms with E-state index in [1.165, 1.54) is 20.4 Å². The lowest BCUT2D eigenvalue weighted by Gasteiger charge is -2.16. The second-order valence-corrected chi connectivity index (χ2v) is 3.03. The molecule has 0 saturated carbocycles. The molecule has 0 aliphatic carbocycles. The highest BCUT2D eigenvalue weighted by Crippen LogP contribution is 2.27. The number of methoxy groups -OCH3 is 2. The number of aliphatic hydroxyl groups is 1. The average Bonchev–Trinajstić information content (AvgIpc) is 2.15. The van der Waals surface area contributed by atoms with Gasteiger partial charge in [0.15, 0.2) is 0 Å². The van der Waals surface area contributed by atoms with Crippen molar-refractivity contribution in [3.63, 3.8) is 0 Å². The first kappa shape index (κ1) is 11.0. The van der Waals surface area contributed by atoms with Crippen molar-refractivity contribution < 1.29 is 14.6 Å². The van der Waals surface area contributed by atoms with Crippen LogP contribution in [0.1, 0.15) is 5.56 Å². The SMILES string of the molecule is COc1ncc(C(N)(O)Cl)c(OC)n1. The van der Waals surface area contributed by atoms with Gasteiger partial charge in [0.05, 0.1) is 19.8 Å². The van der Waals surface area contributed by atoms with Gasteiger partial charge < -0.3 is 14.6 Å². The largest absolute Gasteiger partial charge is 0.480 e. The van der Waals surface area contributed by atoms with Gasteiger partial charge in [0.1, 0.15) is 0 Å². The number of aromatic nitrogens is 2. The molecular formula is C7H10ClN3O3. The molecule has 1 atom stereocenters. The molecule has 7 heteroatoms. The van der Waals surface area contributed by atoms with Gasteiger partial charge in [0.25, 0.3) is 0 Å². The van der Waals surface area contributed by atoms with E-state index < -0.39 is 5.18 Å². The number of nitrogens with zero attached hydrogens (tertiary/aromatic N) is 2. The van der Waals surface area contributed by atoms with E-state index in [0.717, 1.165) is 0 Å². The van der Waals surface area contributed by atoms with Crippen LogP contribution in [0.15, 0.2) is 6.20 Å². The van der Waals surface area contributed by atoms with Crippen molar-refractivity contribution in [2.45, 2.75) is 5.18 Å². The summed E-state index contributed by atoms with van der Waals surface area (Å²) in [5.41, 5.74) is 5.32. The number of rotatable bonds is 3. The number of halogens is 1. The number of alkyl halides is 1. The van der Waals surface area contributed by atoms with E-state index in [1.54, 1.807) is 0 Å². The lowest BCUT2D eigenvalue weighted by molar-refractivity contribution is 0.131. The Morgan fingerprint density at radius 2 is 2.14 bits per heavy atom. The van der Waals surface area contributed by atoms with Crippen LogP contribution in [0.3, 0.4) is 0 Å². The van der Waals surface area contributed by atoms with Crippen LogP contribution in [0.4, 0.5) is 0 Å². The molecule has 6 nitrogen and oxygen atoms in total. The van der Waals surface area contributed by atoms with Gasteiger partial charge in [-0.2, -0.15) is 4.98 Å². The normalized spacial score (nSPS) is 14.6. The lowest BCUT2D eigenvalue weighted by Crippen LogP contribution is -2.30. The predicted molar refractivity (Wildman–Crippen MR) is 49.1 cm³/mol. The third kappa shape index (κ3) is 2.22. The van der Waals surface area contributed by atoms with E-state index in [-0.39, 0.29) is 17.5 Å². The molecule has 0 fully saturated rings. The van der Waals surface area contributed by atoms with Gasteiger partial charge >= 0.3 is 6.01 Å². The summed E-state index contributed by atoms with van der Waals surface area (Å²) in [5, 5.41) is 7.25. The van der Waals surface area contributed by atoms with E-state index in [4.69, 9.17) is 26.8 Å². The third-order valence-corrected chi connectivity index (χ3v) is 1.69. The molecule has 1 aromatic heterocycles. The Morgan fingerprint density at radius 3 is 2.57 bits per heavy atom. The van der Waals surface area contributed by atoms with Crippen molar-refractivity contribution in [3.8, 4) is 11.9 Å². The van der Waals surface area contributed by atoms with Crippen LogP contribution in [0, 0.1) is 0 Å². The zero-order valence-corrected chi connectivity index (χ0v) is 8.45. The van der Waals surface area contributed by atoms with E-state index >= 15 is 0 Å². The summed E-state index contributed by atoms with van der Waals surface area (Å²) in [6, 6.07) is 0.103. The van der Waals surface area contributed by atoms with Crippen molar-refractivity contribution in [1.82, 2.24) is 9.97 Å². The highest BCUT2D eigenvalue weighted by molar-refractivity contribution is 6.22. The Morgan fingerprint density at radius 1 is 1.50 bits per heavy atom. The van der Waals surface area contributed by atoms with Gasteiger partial charge in [0, 0.05) is 6.20 Å². The second-order valence-electron chi connectivity index (χ2n) is 2.45. The summed E-state index contributed by atoms with van der Waals surface area (Å²) in [6.45, 7) is 0. The molecule has 0 aliphatic rings. The topological polar surface area (TPSA) is 90.5 Å². The van der Waals surface area contributed by atoms with Crippen LogP contribution in [0.2, 0.25) is 0 Å². The van der Waals surface area contributed by atoms with Crippen molar-refractivity contribution in [1.29, 1.82) is 0 Å². The minimum absolute atomic E-state index is 0.0665. The number of nitrogens with two attached hydrogens (primary N) is 1. The first-order valence-corrected chi connectivity index (χ1v) is 4.02. The maximum absolute atomic E-state index is 9.31. The number of hydrogen-bond donors (Lipinski definition) is 2. The number of ether oxygens (including phenoxy) is 2. The minimum atomic E-state index is -2.06. The predicted octanol–water partition coefficient (Wildman–Crippen LogP) is -0.206. The van der Waals surface area contributed by atoms with Crippen LogP contribution in [0.25, 0.3) is 0 Å².